The fourth-order valence-electron chi connectivity index (χ4n) is 1.40. The van der Waals surface area contributed by atoms with Crippen LogP contribution in [-0.2, 0) is 4.79 Å². The summed E-state index contributed by atoms with van der Waals surface area (Å²) in [5, 5.41) is 10.2. The van der Waals surface area contributed by atoms with E-state index in [9.17, 15) is 4.79 Å². The lowest BCUT2D eigenvalue weighted by Gasteiger charge is -1.98. The molecule has 0 saturated carbocycles. The number of carbonyl (C=O) groups excluding carboxylic acids is 1. The maximum Gasteiger partial charge on any atom is 0.322 e. The van der Waals surface area contributed by atoms with Crippen LogP contribution in [0.2, 0.25) is 0 Å². The van der Waals surface area contributed by atoms with E-state index in [-0.39, 0.29) is 11.9 Å². The molecule has 0 aromatic carbocycles. The smallest absolute Gasteiger partial charge is 0.322 e. The Balaban J connectivity index is 2.00. The Bertz CT molecular complexity index is 510. The van der Waals surface area contributed by atoms with Crippen LogP contribution in [0.25, 0.3) is 11.5 Å². The lowest BCUT2D eigenvalue weighted by Crippen LogP contribution is -2.11. The molecule has 6 nitrogen and oxygen atoms in total. The van der Waals surface area contributed by atoms with E-state index in [1.54, 1.807) is 18.5 Å². The lowest BCUT2D eigenvalue weighted by atomic mass is 10.2. The molecule has 0 saturated heterocycles. The molecule has 2 heterocycles. The van der Waals surface area contributed by atoms with E-state index in [1.807, 2.05) is 13.0 Å². The van der Waals surface area contributed by atoms with E-state index >= 15 is 0 Å². The van der Waals surface area contributed by atoms with E-state index in [0.717, 1.165) is 18.4 Å². The maximum atomic E-state index is 11.5. The number of aromatic nitrogens is 3. The highest BCUT2D eigenvalue weighted by atomic mass is 16.4. The third kappa shape index (κ3) is 3.13. The van der Waals surface area contributed by atoms with Crippen LogP contribution in [0.3, 0.4) is 0 Å². The molecule has 1 N–H and O–H groups in total. The minimum atomic E-state index is -0.113. The average molecular weight is 246 g/mol. The Morgan fingerprint density at radius 3 is 3.06 bits per heavy atom. The largest absolute Gasteiger partial charge is 0.403 e. The molecule has 0 radical (unpaired) electrons. The van der Waals surface area contributed by atoms with Crippen LogP contribution in [0.15, 0.2) is 28.9 Å². The van der Waals surface area contributed by atoms with E-state index in [0.29, 0.717) is 12.3 Å². The summed E-state index contributed by atoms with van der Waals surface area (Å²) in [5.74, 6) is 0.229. The Hall–Kier alpha value is -2.24. The number of rotatable bonds is 5. The highest BCUT2D eigenvalue weighted by Gasteiger charge is 2.10. The summed E-state index contributed by atoms with van der Waals surface area (Å²) in [5.41, 5.74) is 0.721. The first kappa shape index (κ1) is 12.2. The van der Waals surface area contributed by atoms with Crippen LogP contribution < -0.4 is 5.32 Å². The Kier molecular flexibility index (Phi) is 4.01. The zero-order chi connectivity index (χ0) is 12.8. The van der Waals surface area contributed by atoms with Crippen molar-refractivity contribution in [1.29, 1.82) is 0 Å². The van der Waals surface area contributed by atoms with Gasteiger partial charge < -0.3 is 4.42 Å². The number of hydrogen-bond donors (Lipinski definition) is 1. The van der Waals surface area contributed by atoms with E-state index in [4.69, 9.17) is 4.42 Å². The summed E-state index contributed by atoms with van der Waals surface area (Å²) in [6.45, 7) is 2.03. The fraction of sp³-hybridized carbons (Fsp3) is 0.333. The zero-order valence-corrected chi connectivity index (χ0v) is 10.1. The van der Waals surface area contributed by atoms with E-state index < -0.39 is 0 Å². The first-order valence-corrected chi connectivity index (χ1v) is 5.83. The van der Waals surface area contributed by atoms with Crippen molar-refractivity contribution in [1.82, 2.24) is 15.2 Å². The van der Waals surface area contributed by atoms with Crippen molar-refractivity contribution in [2.45, 2.75) is 26.2 Å². The van der Waals surface area contributed by atoms with Crippen LogP contribution in [0.4, 0.5) is 6.01 Å². The molecule has 0 unspecified atom stereocenters. The summed E-state index contributed by atoms with van der Waals surface area (Å²) >= 11 is 0. The average Bonchev–Trinajstić information content (AvgIpc) is 2.86. The molecule has 1 amide bonds. The van der Waals surface area contributed by atoms with Crippen LogP contribution in [-0.4, -0.2) is 21.1 Å². The molecule has 0 aliphatic rings. The van der Waals surface area contributed by atoms with Gasteiger partial charge in [-0.2, -0.15) is 0 Å². The van der Waals surface area contributed by atoms with E-state index in [2.05, 4.69) is 20.5 Å². The number of amides is 1. The van der Waals surface area contributed by atoms with Crippen LogP contribution in [0.1, 0.15) is 26.2 Å². The number of anilines is 1. The van der Waals surface area contributed by atoms with Crippen molar-refractivity contribution < 1.29 is 9.21 Å². The monoisotopic (exact) mass is 246 g/mol. The zero-order valence-electron chi connectivity index (χ0n) is 10.1. The van der Waals surface area contributed by atoms with Crippen molar-refractivity contribution in [3.8, 4) is 11.5 Å². The summed E-state index contributed by atoms with van der Waals surface area (Å²) in [4.78, 5) is 15.4. The fourth-order valence-corrected chi connectivity index (χ4v) is 1.40. The van der Waals surface area contributed by atoms with Crippen molar-refractivity contribution >= 4 is 11.9 Å². The molecule has 0 aliphatic carbocycles. The molecular formula is C12H14N4O2. The number of nitrogens with one attached hydrogen (secondary N) is 1. The Morgan fingerprint density at radius 1 is 1.44 bits per heavy atom. The molecule has 18 heavy (non-hydrogen) atoms. The number of pyridine rings is 1. The minimum Gasteiger partial charge on any atom is -0.403 e. The third-order valence-electron chi connectivity index (χ3n) is 2.34. The van der Waals surface area contributed by atoms with Gasteiger partial charge in [-0.25, -0.2) is 0 Å². The van der Waals surface area contributed by atoms with Crippen molar-refractivity contribution in [3.63, 3.8) is 0 Å². The first-order valence-electron chi connectivity index (χ1n) is 5.83. The van der Waals surface area contributed by atoms with Gasteiger partial charge in [-0.15, -0.1) is 5.10 Å². The van der Waals surface area contributed by atoms with Crippen molar-refractivity contribution in [3.05, 3.63) is 24.5 Å². The molecule has 0 aliphatic heterocycles. The molecule has 2 aromatic heterocycles. The van der Waals surface area contributed by atoms with Gasteiger partial charge in [0.1, 0.15) is 0 Å². The van der Waals surface area contributed by atoms with Crippen LogP contribution in [0, 0.1) is 0 Å². The topological polar surface area (TPSA) is 80.9 Å². The summed E-state index contributed by atoms with van der Waals surface area (Å²) in [6, 6.07) is 3.71. The number of nitrogens with zero attached hydrogens (tertiary/aromatic N) is 3. The molecule has 6 heteroatoms. The van der Waals surface area contributed by atoms with Gasteiger partial charge in [-0.3, -0.25) is 15.1 Å². The highest BCUT2D eigenvalue weighted by molar-refractivity contribution is 5.88. The van der Waals surface area contributed by atoms with Gasteiger partial charge >= 0.3 is 6.01 Å². The Morgan fingerprint density at radius 2 is 2.33 bits per heavy atom. The number of carbonyl (C=O) groups is 1. The molecule has 0 fully saturated rings. The standard InChI is InChI=1S/C12H14N4O2/c1-2-3-6-10(17)14-12-16-15-11(18-12)9-5-4-7-13-8-9/h4-5,7-8H,2-3,6H2,1H3,(H,14,16,17). The Labute approximate surface area is 104 Å². The van der Waals surface area contributed by atoms with Crippen molar-refractivity contribution in [2.24, 2.45) is 0 Å². The van der Waals surface area contributed by atoms with Crippen LogP contribution in [0.5, 0.6) is 0 Å². The van der Waals surface area contributed by atoms with Gasteiger partial charge in [-0.05, 0) is 18.6 Å². The second-order valence-corrected chi connectivity index (χ2v) is 3.81. The number of hydrogen-bond acceptors (Lipinski definition) is 5. The van der Waals surface area contributed by atoms with Gasteiger partial charge in [0.2, 0.25) is 5.91 Å². The maximum absolute atomic E-state index is 11.5. The van der Waals surface area contributed by atoms with Gasteiger partial charge in [-0.1, -0.05) is 18.4 Å². The lowest BCUT2D eigenvalue weighted by molar-refractivity contribution is -0.116. The quantitative estimate of drug-likeness (QED) is 0.875. The van der Waals surface area contributed by atoms with Gasteiger partial charge in [0.05, 0.1) is 5.56 Å². The second kappa shape index (κ2) is 5.90. The molecular weight excluding hydrogens is 232 g/mol. The van der Waals surface area contributed by atoms with Crippen LogP contribution >= 0.6 is 0 Å². The first-order chi connectivity index (χ1) is 8.79. The third-order valence-corrected chi connectivity index (χ3v) is 2.34. The van der Waals surface area contributed by atoms with Gasteiger partial charge in [0, 0.05) is 18.8 Å². The molecule has 2 rings (SSSR count). The molecule has 0 atom stereocenters. The number of unbranched alkanes of at least 4 members (excludes halogenated alkanes) is 1. The predicted octanol–water partition coefficient (Wildman–Crippen LogP) is 2.26. The SMILES string of the molecule is CCCCC(=O)Nc1nnc(-c2cccnc2)o1. The summed E-state index contributed by atoms with van der Waals surface area (Å²) < 4.78 is 5.33. The summed E-state index contributed by atoms with van der Waals surface area (Å²) in [7, 11) is 0. The predicted molar refractivity (Wildman–Crippen MR) is 65.7 cm³/mol. The highest BCUT2D eigenvalue weighted by Crippen LogP contribution is 2.18. The molecule has 0 bridgehead atoms. The summed E-state index contributed by atoms with van der Waals surface area (Å²) in [6.07, 6.45) is 5.55. The molecule has 2 aromatic rings. The molecule has 94 valence electrons. The van der Waals surface area contributed by atoms with Crippen molar-refractivity contribution in [2.75, 3.05) is 5.32 Å². The second-order valence-electron chi connectivity index (χ2n) is 3.81. The van der Waals surface area contributed by atoms with Gasteiger partial charge in [0.15, 0.2) is 0 Å². The van der Waals surface area contributed by atoms with E-state index in [1.165, 1.54) is 0 Å². The molecule has 0 spiro atoms. The minimum absolute atomic E-state index is 0.113. The van der Waals surface area contributed by atoms with Gasteiger partial charge in [0.25, 0.3) is 5.89 Å². The normalized spacial score (nSPS) is 10.3.